The van der Waals surface area contributed by atoms with Crippen molar-refractivity contribution in [3.05, 3.63) is 34.1 Å². The molecule has 3 N–H and O–H groups in total. The number of hydrogen-bond acceptors (Lipinski definition) is 4. The third-order valence-corrected chi connectivity index (χ3v) is 3.58. The van der Waals surface area contributed by atoms with Gasteiger partial charge >= 0.3 is 0 Å². The van der Waals surface area contributed by atoms with Crippen molar-refractivity contribution >= 4 is 49.6 Å². The van der Waals surface area contributed by atoms with Gasteiger partial charge in [0.2, 0.25) is 0 Å². The third-order valence-electron chi connectivity index (χ3n) is 2.06. The normalized spacial score (nSPS) is 10.2. The molecule has 88 valence electrons. The summed E-state index contributed by atoms with van der Waals surface area (Å²) in [7, 11) is 0. The highest BCUT2D eigenvalue weighted by atomic mass is 79.9. The monoisotopic (exact) mass is 327 g/mol. The minimum absolute atomic E-state index is 0.334. The van der Waals surface area contributed by atoms with Crippen molar-refractivity contribution in [2.24, 2.45) is 5.73 Å². The predicted octanol–water partition coefficient (Wildman–Crippen LogP) is 3.27. The van der Waals surface area contributed by atoms with Gasteiger partial charge in [0.1, 0.15) is 0 Å². The van der Waals surface area contributed by atoms with Crippen molar-refractivity contribution in [2.75, 3.05) is 11.9 Å². The van der Waals surface area contributed by atoms with E-state index in [1.165, 1.54) is 11.3 Å². The molecule has 0 saturated carbocycles. The molecule has 0 spiro atoms. The van der Waals surface area contributed by atoms with E-state index in [2.05, 4.69) is 26.2 Å². The number of thiocarbonyl (C=S) groups is 1. The predicted molar refractivity (Wildman–Crippen MR) is 80.5 cm³/mol. The molecule has 6 heteroatoms. The van der Waals surface area contributed by atoms with E-state index >= 15 is 0 Å². The minimum Gasteiger partial charge on any atom is -0.325 e. The van der Waals surface area contributed by atoms with Gasteiger partial charge in [-0.25, -0.2) is 4.98 Å². The summed E-state index contributed by atoms with van der Waals surface area (Å²) in [6, 6.07) is 8.01. The fourth-order valence-electron chi connectivity index (χ4n) is 1.28. The summed E-state index contributed by atoms with van der Waals surface area (Å²) < 4.78 is 1.04. The Morgan fingerprint density at radius 1 is 1.53 bits per heavy atom. The van der Waals surface area contributed by atoms with Crippen LogP contribution in [0.15, 0.2) is 34.1 Å². The molecule has 17 heavy (non-hydrogen) atoms. The van der Waals surface area contributed by atoms with Crippen LogP contribution in [0.3, 0.4) is 0 Å². The minimum atomic E-state index is 0.334. The van der Waals surface area contributed by atoms with E-state index in [0.717, 1.165) is 20.9 Å². The van der Waals surface area contributed by atoms with Gasteiger partial charge < -0.3 is 11.1 Å². The van der Waals surface area contributed by atoms with E-state index in [4.69, 9.17) is 18.0 Å². The maximum Gasteiger partial charge on any atom is 0.188 e. The Balaban J connectivity index is 2.21. The molecule has 0 aliphatic heterocycles. The summed E-state index contributed by atoms with van der Waals surface area (Å²) in [5.41, 5.74) is 7.43. The second-order valence-corrected chi connectivity index (χ2v) is 5.57. The lowest BCUT2D eigenvalue weighted by molar-refractivity contribution is 1.31. The first-order valence-corrected chi connectivity index (χ1v) is 6.98. The van der Waals surface area contributed by atoms with Crippen LogP contribution in [-0.4, -0.2) is 16.5 Å². The standard InChI is InChI=1S/C11H10BrN3S2/c12-8-3-1-2-7(4-8)9-6-17-11(14-9)15-10(16)5-13/h1-4,6H,5,13H2,(H,14,15,16). The zero-order valence-electron chi connectivity index (χ0n) is 8.81. The quantitative estimate of drug-likeness (QED) is 0.849. The van der Waals surface area contributed by atoms with Gasteiger partial charge in [0.15, 0.2) is 5.13 Å². The van der Waals surface area contributed by atoms with E-state index in [1.807, 2.05) is 29.6 Å². The van der Waals surface area contributed by atoms with Crippen LogP contribution < -0.4 is 11.1 Å². The highest BCUT2D eigenvalue weighted by Gasteiger charge is 2.05. The van der Waals surface area contributed by atoms with Gasteiger partial charge in [0, 0.05) is 22.0 Å². The molecule has 0 aliphatic rings. The number of halogens is 1. The molecule has 0 bridgehead atoms. The molecular formula is C11H10BrN3S2. The molecule has 3 nitrogen and oxygen atoms in total. The number of aromatic nitrogens is 1. The number of rotatable bonds is 3. The van der Waals surface area contributed by atoms with Crippen LogP contribution in [0.4, 0.5) is 5.13 Å². The third kappa shape index (κ3) is 3.32. The summed E-state index contributed by atoms with van der Waals surface area (Å²) in [5.74, 6) is 0. The Hall–Kier alpha value is -0.820. The first kappa shape index (κ1) is 12.6. The van der Waals surface area contributed by atoms with Crippen molar-refractivity contribution in [3.8, 4) is 11.3 Å². The van der Waals surface area contributed by atoms with E-state index < -0.39 is 0 Å². The Morgan fingerprint density at radius 2 is 2.35 bits per heavy atom. The Kier molecular flexibility index (Phi) is 4.22. The van der Waals surface area contributed by atoms with Gasteiger partial charge in [-0.05, 0) is 12.1 Å². The molecule has 1 heterocycles. The number of nitrogens with one attached hydrogen (secondary N) is 1. The van der Waals surface area contributed by atoms with Crippen molar-refractivity contribution in [3.63, 3.8) is 0 Å². The van der Waals surface area contributed by atoms with Crippen LogP contribution >= 0.6 is 39.5 Å². The maximum atomic E-state index is 5.42. The van der Waals surface area contributed by atoms with E-state index in [1.54, 1.807) is 0 Å². The van der Waals surface area contributed by atoms with Gasteiger partial charge in [0.05, 0.1) is 10.7 Å². The van der Waals surface area contributed by atoms with Crippen molar-refractivity contribution in [1.82, 2.24) is 4.98 Å². The number of anilines is 1. The van der Waals surface area contributed by atoms with Crippen LogP contribution in [0, 0.1) is 0 Å². The Labute approximate surface area is 117 Å². The summed E-state index contributed by atoms with van der Waals surface area (Å²) >= 11 is 9.96. The van der Waals surface area contributed by atoms with Gasteiger partial charge in [-0.1, -0.05) is 40.3 Å². The molecule has 2 aromatic rings. The largest absolute Gasteiger partial charge is 0.325 e. The summed E-state index contributed by atoms with van der Waals surface area (Å²) in [5, 5.41) is 5.76. The fraction of sp³-hybridized carbons (Fsp3) is 0.0909. The first-order chi connectivity index (χ1) is 8.19. The molecule has 0 unspecified atom stereocenters. The Morgan fingerprint density at radius 3 is 3.06 bits per heavy atom. The van der Waals surface area contributed by atoms with Crippen molar-refractivity contribution in [2.45, 2.75) is 0 Å². The van der Waals surface area contributed by atoms with Crippen LogP contribution in [0.5, 0.6) is 0 Å². The molecule has 2 rings (SSSR count). The van der Waals surface area contributed by atoms with Crippen LogP contribution in [0.1, 0.15) is 0 Å². The van der Waals surface area contributed by atoms with E-state index in [9.17, 15) is 0 Å². The number of benzene rings is 1. The Bertz CT molecular complexity index is 539. The average molecular weight is 328 g/mol. The molecule has 0 saturated heterocycles. The van der Waals surface area contributed by atoms with Crippen LogP contribution in [-0.2, 0) is 0 Å². The molecule has 1 aromatic carbocycles. The molecule has 0 atom stereocenters. The lowest BCUT2D eigenvalue weighted by atomic mass is 10.2. The molecule has 0 amide bonds. The number of nitrogens with two attached hydrogens (primary N) is 1. The van der Waals surface area contributed by atoms with Crippen molar-refractivity contribution in [1.29, 1.82) is 0 Å². The molecule has 0 aliphatic carbocycles. The van der Waals surface area contributed by atoms with Crippen LogP contribution in [0.25, 0.3) is 11.3 Å². The summed E-state index contributed by atoms with van der Waals surface area (Å²) in [4.78, 5) is 5.05. The van der Waals surface area contributed by atoms with E-state index in [-0.39, 0.29) is 0 Å². The van der Waals surface area contributed by atoms with Gasteiger partial charge in [0.25, 0.3) is 0 Å². The molecular weight excluding hydrogens is 318 g/mol. The topological polar surface area (TPSA) is 50.9 Å². The second kappa shape index (κ2) is 5.68. The summed E-state index contributed by atoms with van der Waals surface area (Å²) in [6.07, 6.45) is 0. The molecule has 0 fully saturated rings. The summed E-state index contributed by atoms with van der Waals surface area (Å²) in [6.45, 7) is 0.334. The van der Waals surface area contributed by atoms with Gasteiger partial charge in [-0.2, -0.15) is 0 Å². The zero-order valence-corrected chi connectivity index (χ0v) is 12.0. The average Bonchev–Trinajstić information content (AvgIpc) is 2.77. The zero-order chi connectivity index (χ0) is 12.3. The number of hydrogen-bond donors (Lipinski definition) is 2. The lowest BCUT2D eigenvalue weighted by Crippen LogP contribution is -2.19. The molecule has 0 radical (unpaired) electrons. The lowest BCUT2D eigenvalue weighted by Gasteiger charge is -2.00. The van der Waals surface area contributed by atoms with Crippen LogP contribution in [0.2, 0.25) is 0 Å². The highest BCUT2D eigenvalue weighted by Crippen LogP contribution is 2.26. The highest BCUT2D eigenvalue weighted by molar-refractivity contribution is 9.10. The molecule has 1 aromatic heterocycles. The number of nitrogens with zero attached hydrogens (tertiary/aromatic N) is 1. The smallest absolute Gasteiger partial charge is 0.188 e. The fourth-order valence-corrected chi connectivity index (χ4v) is 2.59. The van der Waals surface area contributed by atoms with E-state index in [0.29, 0.717) is 11.5 Å². The number of thiazole rings is 1. The maximum absolute atomic E-state index is 5.42. The second-order valence-electron chi connectivity index (χ2n) is 3.30. The SMILES string of the molecule is NCC(=S)Nc1nc(-c2cccc(Br)c2)cs1. The van der Waals surface area contributed by atoms with Gasteiger partial charge in [-0.15, -0.1) is 11.3 Å². The first-order valence-electron chi connectivity index (χ1n) is 4.90. The van der Waals surface area contributed by atoms with Crippen molar-refractivity contribution < 1.29 is 0 Å². The van der Waals surface area contributed by atoms with Gasteiger partial charge in [-0.3, -0.25) is 0 Å².